The highest BCUT2D eigenvalue weighted by Gasteiger charge is 2.37. The summed E-state index contributed by atoms with van der Waals surface area (Å²) >= 11 is 12.2. The van der Waals surface area contributed by atoms with E-state index >= 15 is 0 Å². The molecule has 2 aromatic carbocycles. The molecule has 152 valence electrons. The number of Topliss-reactive ketones (excluding diaryl/α,β-unsaturated/α-hetero) is 1. The fourth-order valence-electron chi connectivity index (χ4n) is 3.21. The molecule has 1 atom stereocenters. The summed E-state index contributed by atoms with van der Waals surface area (Å²) in [4.78, 5) is 29.5. The average Bonchev–Trinajstić information content (AvgIpc) is 3.09. The first-order valence-corrected chi connectivity index (χ1v) is 10.2. The number of rotatable bonds is 7. The molecule has 0 saturated heterocycles. The van der Waals surface area contributed by atoms with Crippen molar-refractivity contribution in [1.82, 2.24) is 5.32 Å². The first kappa shape index (κ1) is 21.3. The SMILES string of the molecule is CCNC(=O)CCC(=O)c1ccc(C2=NO[C@](C)(c3cc(Cl)cc(Cl)c3)C2)cc1. The highest BCUT2D eigenvalue weighted by atomic mass is 35.5. The molecule has 1 amide bonds. The number of hydrogen-bond acceptors (Lipinski definition) is 4. The van der Waals surface area contributed by atoms with Crippen LogP contribution in [0.4, 0.5) is 0 Å². The molecule has 0 saturated carbocycles. The Morgan fingerprint density at radius 1 is 1.10 bits per heavy atom. The van der Waals surface area contributed by atoms with Gasteiger partial charge in [0.15, 0.2) is 11.4 Å². The number of benzene rings is 2. The van der Waals surface area contributed by atoms with Gasteiger partial charge in [-0.3, -0.25) is 9.59 Å². The summed E-state index contributed by atoms with van der Waals surface area (Å²) < 4.78 is 0. The van der Waals surface area contributed by atoms with Gasteiger partial charge in [-0.05, 0) is 37.6 Å². The van der Waals surface area contributed by atoms with Crippen LogP contribution in [0.1, 0.15) is 54.6 Å². The van der Waals surface area contributed by atoms with Gasteiger partial charge in [0, 0.05) is 47.0 Å². The van der Waals surface area contributed by atoms with Crippen molar-refractivity contribution in [2.75, 3.05) is 6.54 Å². The van der Waals surface area contributed by atoms with Crippen molar-refractivity contribution in [3.63, 3.8) is 0 Å². The van der Waals surface area contributed by atoms with Crippen molar-refractivity contribution in [3.8, 4) is 0 Å². The Kier molecular flexibility index (Phi) is 6.60. The summed E-state index contributed by atoms with van der Waals surface area (Å²) in [6, 6.07) is 12.5. The second-order valence-corrected chi connectivity index (χ2v) is 8.02. The van der Waals surface area contributed by atoms with Crippen molar-refractivity contribution < 1.29 is 14.4 Å². The Morgan fingerprint density at radius 3 is 2.38 bits per heavy atom. The molecule has 0 spiro atoms. The molecule has 2 aromatic rings. The second kappa shape index (κ2) is 8.97. The zero-order valence-corrected chi connectivity index (χ0v) is 17.8. The summed E-state index contributed by atoms with van der Waals surface area (Å²) in [6.07, 6.45) is 0.923. The highest BCUT2D eigenvalue weighted by molar-refractivity contribution is 6.34. The zero-order chi connectivity index (χ0) is 21.0. The maximum Gasteiger partial charge on any atom is 0.220 e. The second-order valence-electron chi connectivity index (χ2n) is 7.15. The molecule has 29 heavy (non-hydrogen) atoms. The van der Waals surface area contributed by atoms with Gasteiger partial charge in [-0.2, -0.15) is 0 Å². The Balaban J connectivity index is 1.66. The Morgan fingerprint density at radius 2 is 1.76 bits per heavy atom. The number of carbonyl (C=O) groups excluding carboxylic acids is 2. The molecule has 0 fully saturated rings. The summed E-state index contributed by atoms with van der Waals surface area (Å²) in [5.74, 6) is -0.179. The molecule has 1 aliphatic heterocycles. The Labute approximate surface area is 180 Å². The number of nitrogens with zero attached hydrogens (tertiary/aromatic N) is 1. The van der Waals surface area contributed by atoms with Gasteiger partial charge in [0.05, 0.1) is 5.71 Å². The summed E-state index contributed by atoms with van der Waals surface area (Å²) in [6.45, 7) is 4.34. The van der Waals surface area contributed by atoms with E-state index in [9.17, 15) is 9.59 Å². The van der Waals surface area contributed by atoms with Gasteiger partial charge in [-0.1, -0.05) is 52.6 Å². The van der Waals surface area contributed by atoms with Gasteiger partial charge in [-0.15, -0.1) is 0 Å². The molecule has 0 aliphatic carbocycles. The van der Waals surface area contributed by atoms with Crippen molar-refractivity contribution in [1.29, 1.82) is 0 Å². The van der Waals surface area contributed by atoms with Crippen LogP contribution in [0, 0.1) is 0 Å². The van der Waals surface area contributed by atoms with E-state index in [-0.39, 0.29) is 24.5 Å². The first-order chi connectivity index (χ1) is 13.8. The maximum atomic E-state index is 12.3. The lowest BCUT2D eigenvalue weighted by molar-refractivity contribution is -0.120. The van der Waals surface area contributed by atoms with E-state index in [1.54, 1.807) is 18.2 Å². The van der Waals surface area contributed by atoms with Gasteiger partial charge in [0.2, 0.25) is 5.91 Å². The molecule has 0 bridgehead atoms. The fourth-order valence-corrected chi connectivity index (χ4v) is 3.74. The molecule has 1 N–H and O–H groups in total. The van der Waals surface area contributed by atoms with Crippen LogP contribution in [0.3, 0.4) is 0 Å². The van der Waals surface area contributed by atoms with E-state index in [4.69, 9.17) is 28.0 Å². The van der Waals surface area contributed by atoms with Crippen LogP contribution >= 0.6 is 23.2 Å². The summed E-state index contributed by atoms with van der Waals surface area (Å²) in [5, 5.41) is 8.02. The third kappa shape index (κ3) is 5.17. The number of halogens is 2. The minimum atomic E-state index is -0.662. The Bertz CT molecular complexity index is 937. The van der Waals surface area contributed by atoms with Crippen molar-refractivity contribution in [3.05, 3.63) is 69.2 Å². The molecule has 1 aliphatic rings. The molecule has 0 radical (unpaired) electrons. The fraction of sp³-hybridized carbons (Fsp3) is 0.318. The van der Waals surface area contributed by atoms with Gasteiger partial charge in [-0.25, -0.2) is 0 Å². The van der Waals surface area contributed by atoms with E-state index in [2.05, 4.69) is 10.5 Å². The summed E-state index contributed by atoms with van der Waals surface area (Å²) in [5.41, 5.74) is 2.42. The van der Waals surface area contributed by atoms with E-state index in [1.165, 1.54) is 0 Å². The van der Waals surface area contributed by atoms with E-state index in [1.807, 2.05) is 38.1 Å². The lowest BCUT2D eigenvalue weighted by Gasteiger charge is -2.22. The topological polar surface area (TPSA) is 67.8 Å². The smallest absolute Gasteiger partial charge is 0.220 e. The highest BCUT2D eigenvalue weighted by Crippen LogP contribution is 2.38. The minimum absolute atomic E-state index is 0.0641. The van der Waals surface area contributed by atoms with Crippen LogP contribution in [0.2, 0.25) is 10.0 Å². The van der Waals surface area contributed by atoms with Crippen molar-refractivity contribution >= 4 is 40.6 Å². The zero-order valence-electron chi connectivity index (χ0n) is 16.3. The molecule has 7 heteroatoms. The van der Waals surface area contributed by atoms with Crippen molar-refractivity contribution in [2.24, 2.45) is 5.16 Å². The lowest BCUT2D eigenvalue weighted by atomic mass is 9.89. The Hall–Kier alpha value is -2.37. The van der Waals surface area contributed by atoms with Crippen molar-refractivity contribution in [2.45, 2.75) is 38.7 Å². The molecule has 3 rings (SSSR count). The number of oxime groups is 1. The van der Waals surface area contributed by atoms with Gasteiger partial charge < -0.3 is 10.2 Å². The van der Waals surface area contributed by atoms with E-state index in [0.717, 1.165) is 16.8 Å². The third-order valence-electron chi connectivity index (χ3n) is 4.83. The average molecular weight is 433 g/mol. The number of nitrogens with one attached hydrogen (secondary N) is 1. The summed E-state index contributed by atoms with van der Waals surface area (Å²) in [7, 11) is 0. The normalized spacial score (nSPS) is 18.1. The van der Waals surface area contributed by atoms with Crippen LogP contribution < -0.4 is 5.32 Å². The molecule has 5 nitrogen and oxygen atoms in total. The van der Waals surface area contributed by atoms with Crippen LogP contribution in [-0.4, -0.2) is 23.9 Å². The molecular weight excluding hydrogens is 411 g/mol. The third-order valence-corrected chi connectivity index (χ3v) is 5.26. The standard InChI is InChI=1S/C22H22Cl2N2O3/c1-3-25-21(28)9-8-20(27)15-6-4-14(5-7-15)19-13-22(2,29-26-19)16-10-17(23)12-18(24)11-16/h4-7,10-12H,3,8-9,13H2,1-2H3,(H,25,28)/t22-/m0/s1. The number of ketones is 1. The van der Waals surface area contributed by atoms with Gasteiger partial charge >= 0.3 is 0 Å². The monoisotopic (exact) mass is 432 g/mol. The maximum absolute atomic E-state index is 12.3. The molecule has 0 aromatic heterocycles. The lowest BCUT2D eigenvalue weighted by Crippen LogP contribution is -2.23. The predicted molar refractivity (Wildman–Crippen MR) is 115 cm³/mol. The quantitative estimate of drug-likeness (QED) is 0.616. The predicted octanol–water partition coefficient (Wildman–Crippen LogP) is 5.13. The minimum Gasteiger partial charge on any atom is -0.384 e. The van der Waals surface area contributed by atoms with Crippen LogP contribution in [0.15, 0.2) is 47.6 Å². The largest absolute Gasteiger partial charge is 0.384 e. The van der Waals surface area contributed by atoms with E-state index < -0.39 is 5.60 Å². The first-order valence-electron chi connectivity index (χ1n) is 9.42. The van der Waals surface area contributed by atoms with Crippen LogP contribution in [-0.2, 0) is 15.2 Å². The molecular formula is C22H22Cl2N2O3. The van der Waals surface area contributed by atoms with Crippen LogP contribution in [0.5, 0.6) is 0 Å². The number of amides is 1. The molecule has 0 unspecified atom stereocenters. The van der Waals surface area contributed by atoms with Crippen LogP contribution in [0.25, 0.3) is 0 Å². The van der Waals surface area contributed by atoms with Gasteiger partial charge in [0.25, 0.3) is 0 Å². The van der Waals surface area contributed by atoms with E-state index in [0.29, 0.717) is 28.6 Å². The number of hydrogen-bond donors (Lipinski definition) is 1. The van der Waals surface area contributed by atoms with Gasteiger partial charge in [0.1, 0.15) is 0 Å². The number of carbonyl (C=O) groups is 2. The molecule has 1 heterocycles.